The summed E-state index contributed by atoms with van der Waals surface area (Å²) in [7, 11) is 0. The highest BCUT2D eigenvalue weighted by atomic mass is 79.9. The molecule has 0 saturated heterocycles. The van der Waals surface area contributed by atoms with Crippen LogP contribution in [0.25, 0.3) is 0 Å². The number of halogens is 1. The Labute approximate surface area is 111 Å². The molecule has 4 heteroatoms. The van der Waals surface area contributed by atoms with Crippen molar-refractivity contribution in [3.05, 3.63) is 22.6 Å². The Morgan fingerprint density at radius 3 is 2.53 bits per heavy atom. The molecule has 0 amide bonds. The van der Waals surface area contributed by atoms with Gasteiger partial charge in [-0.25, -0.2) is 0 Å². The van der Waals surface area contributed by atoms with Crippen LogP contribution in [0.2, 0.25) is 0 Å². The van der Waals surface area contributed by atoms with Gasteiger partial charge in [0.25, 0.3) is 0 Å². The number of hydrogen-bond donors (Lipinski definition) is 1. The van der Waals surface area contributed by atoms with Gasteiger partial charge in [0.1, 0.15) is 12.4 Å². The molecule has 1 aromatic heterocycles. The Morgan fingerprint density at radius 2 is 1.94 bits per heavy atom. The Balaban J connectivity index is 1.76. The summed E-state index contributed by atoms with van der Waals surface area (Å²) in [6.45, 7) is 1.13. The summed E-state index contributed by atoms with van der Waals surface area (Å²) in [5.74, 6) is 0.842. The molecule has 1 aliphatic carbocycles. The van der Waals surface area contributed by atoms with Crippen LogP contribution < -0.4 is 5.73 Å². The van der Waals surface area contributed by atoms with Crippen molar-refractivity contribution >= 4 is 15.9 Å². The maximum Gasteiger partial charge on any atom is 0.169 e. The van der Waals surface area contributed by atoms with Crippen molar-refractivity contribution in [2.24, 2.45) is 5.73 Å². The Bertz CT molecular complexity index is 343. The lowest BCUT2D eigenvalue weighted by Crippen LogP contribution is -2.43. The summed E-state index contributed by atoms with van der Waals surface area (Å²) < 4.78 is 11.8. The molecule has 3 nitrogen and oxygen atoms in total. The summed E-state index contributed by atoms with van der Waals surface area (Å²) in [5, 5.41) is 0. The van der Waals surface area contributed by atoms with E-state index in [2.05, 4.69) is 15.9 Å². The van der Waals surface area contributed by atoms with Crippen LogP contribution in [0.4, 0.5) is 0 Å². The van der Waals surface area contributed by atoms with Crippen LogP contribution in [0.5, 0.6) is 0 Å². The second-order valence-corrected chi connectivity index (χ2v) is 5.76. The minimum atomic E-state index is -0.125. The lowest BCUT2D eigenvalue weighted by Gasteiger charge is -2.27. The smallest absolute Gasteiger partial charge is 0.169 e. The van der Waals surface area contributed by atoms with Crippen molar-refractivity contribution in [3.63, 3.8) is 0 Å². The van der Waals surface area contributed by atoms with Crippen LogP contribution in [-0.4, -0.2) is 12.1 Å². The van der Waals surface area contributed by atoms with Gasteiger partial charge < -0.3 is 14.9 Å². The summed E-state index contributed by atoms with van der Waals surface area (Å²) in [6, 6.07) is 3.79. The van der Waals surface area contributed by atoms with E-state index in [0.29, 0.717) is 13.2 Å². The van der Waals surface area contributed by atoms with E-state index in [0.717, 1.165) is 23.3 Å². The Kier molecular flexibility index (Phi) is 4.65. The molecule has 1 aliphatic rings. The van der Waals surface area contributed by atoms with Gasteiger partial charge in [-0.3, -0.25) is 0 Å². The molecule has 1 fully saturated rings. The molecule has 0 radical (unpaired) electrons. The minimum Gasteiger partial charge on any atom is -0.452 e. The SMILES string of the molecule is NC1(COCc2ccc(Br)o2)CCCCCC1. The number of hydrogen-bond acceptors (Lipinski definition) is 3. The van der Waals surface area contributed by atoms with Gasteiger partial charge in [-0.1, -0.05) is 25.7 Å². The van der Waals surface area contributed by atoms with Crippen molar-refractivity contribution in [3.8, 4) is 0 Å². The summed E-state index contributed by atoms with van der Waals surface area (Å²) >= 11 is 3.27. The molecule has 0 bridgehead atoms. The Morgan fingerprint density at radius 1 is 1.24 bits per heavy atom. The molecule has 0 unspecified atom stereocenters. The third-order valence-corrected chi connectivity index (χ3v) is 3.79. The number of nitrogens with two attached hydrogens (primary N) is 1. The standard InChI is InChI=1S/C13H20BrNO2/c14-12-6-5-11(17-12)9-16-10-13(15)7-3-1-2-4-8-13/h5-6H,1-4,7-10,15H2. The molecule has 1 saturated carbocycles. The van der Waals surface area contributed by atoms with Gasteiger partial charge in [-0.15, -0.1) is 0 Å². The zero-order valence-corrected chi connectivity index (χ0v) is 11.7. The monoisotopic (exact) mass is 301 g/mol. The molecule has 96 valence electrons. The lowest BCUT2D eigenvalue weighted by atomic mass is 9.93. The van der Waals surface area contributed by atoms with Gasteiger partial charge in [-0.05, 0) is 40.9 Å². The van der Waals surface area contributed by atoms with Gasteiger partial charge in [0.2, 0.25) is 0 Å². The van der Waals surface area contributed by atoms with Gasteiger partial charge in [0.05, 0.1) is 6.61 Å². The van der Waals surface area contributed by atoms with Crippen LogP contribution in [0.3, 0.4) is 0 Å². The quantitative estimate of drug-likeness (QED) is 0.864. The molecule has 17 heavy (non-hydrogen) atoms. The van der Waals surface area contributed by atoms with E-state index in [1.165, 1.54) is 25.7 Å². The number of rotatable bonds is 4. The third-order valence-electron chi connectivity index (χ3n) is 3.36. The minimum absolute atomic E-state index is 0.125. The van der Waals surface area contributed by atoms with E-state index < -0.39 is 0 Å². The first-order valence-electron chi connectivity index (χ1n) is 6.29. The predicted molar refractivity (Wildman–Crippen MR) is 70.7 cm³/mol. The zero-order chi connectivity index (χ0) is 12.1. The second kappa shape index (κ2) is 6.03. The summed E-state index contributed by atoms with van der Waals surface area (Å²) in [4.78, 5) is 0. The lowest BCUT2D eigenvalue weighted by molar-refractivity contribution is 0.0566. The molecule has 2 rings (SSSR count). The molecule has 1 aromatic rings. The van der Waals surface area contributed by atoms with Crippen LogP contribution in [0.1, 0.15) is 44.3 Å². The molecule has 0 atom stereocenters. The fraction of sp³-hybridized carbons (Fsp3) is 0.692. The van der Waals surface area contributed by atoms with Crippen molar-refractivity contribution in [1.82, 2.24) is 0 Å². The highest BCUT2D eigenvalue weighted by molar-refractivity contribution is 9.10. The topological polar surface area (TPSA) is 48.4 Å². The maximum absolute atomic E-state index is 6.36. The molecule has 1 heterocycles. The highest BCUT2D eigenvalue weighted by Crippen LogP contribution is 2.25. The van der Waals surface area contributed by atoms with E-state index in [4.69, 9.17) is 14.9 Å². The largest absolute Gasteiger partial charge is 0.452 e. The van der Waals surface area contributed by atoms with E-state index >= 15 is 0 Å². The van der Waals surface area contributed by atoms with Gasteiger partial charge in [0.15, 0.2) is 4.67 Å². The fourth-order valence-corrected chi connectivity index (χ4v) is 2.70. The predicted octanol–water partition coefficient (Wildman–Crippen LogP) is 3.61. The molecule has 0 spiro atoms. The van der Waals surface area contributed by atoms with Gasteiger partial charge in [-0.2, -0.15) is 0 Å². The van der Waals surface area contributed by atoms with Gasteiger partial charge in [0, 0.05) is 5.54 Å². The van der Waals surface area contributed by atoms with E-state index in [1.807, 2.05) is 12.1 Å². The average molecular weight is 302 g/mol. The summed E-state index contributed by atoms with van der Waals surface area (Å²) in [6.07, 6.45) is 7.23. The molecule has 2 N–H and O–H groups in total. The first-order chi connectivity index (χ1) is 8.18. The highest BCUT2D eigenvalue weighted by Gasteiger charge is 2.26. The van der Waals surface area contributed by atoms with Crippen molar-refractivity contribution in [1.29, 1.82) is 0 Å². The first kappa shape index (κ1) is 13.1. The Hall–Kier alpha value is -0.320. The first-order valence-corrected chi connectivity index (χ1v) is 7.08. The summed E-state index contributed by atoms with van der Waals surface area (Å²) in [5.41, 5.74) is 6.24. The molecule has 0 aromatic carbocycles. The van der Waals surface area contributed by atoms with E-state index in [-0.39, 0.29) is 5.54 Å². The molecular formula is C13H20BrNO2. The van der Waals surface area contributed by atoms with Crippen LogP contribution >= 0.6 is 15.9 Å². The fourth-order valence-electron chi connectivity index (χ4n) is 2.36. The van der Waals surface area contributed by atoms with Gasteiger partial charge >= 0.3 is 0 Å². The number of furan rings is 1. The van der Waals surface area contributed by atoms with Crippen LogP contribution in [-0.2, 0) is 11.3 Å². The zero-order valence-electron chi connectivity index (χ0n) is 10.1. The third kappa shape index (κ3) is 4.12. The van der Waals surface area contributed by atoms with Crippen molar-refractivity contribution in [2.45, 2.75) is 50.7 Å². The van der Waals surface area contributed by atoms with Crippen LogP contribution in [0, 0.1) is 0 Å². The average Bonchev–Trinajstić information content (AvgIpc) is 2.58. The van der Waals surface area contributed by atoms with Crippen molar-refractivity contribution in [2.75, 3.05) is 6.61 Å². The molecular weight excluding hydrogens is 282 g/mol. The number of ether oxygens (including phenoxy) is 1. The van der Waals surface area contributed by atoms with Crippen molar-refractivity contribution < 1.29 is 9.15 Å². The van der Waals surface area contributed by atoms with E-state index in [1.54, 1.807) is 0 Å². The second-order valence-electron chi connectivity index (χ2n) is 4.98. The normalized spacial score (nSPS) is 20.1. The maximum atomic E-state index is 6.36. The van der Waals surface area contributed by atoms with E-state index in [9.17, 15) is 0 Å². The molecule has 0 aliphatic heterocycles. The van der Waals surface area contributed by atoms with Crippen LogP contribution in [0.15, 0.2) is 21.2 Å².